The van der Waals surface area contributed by atoms with Crippen molar-refractivity contribution < 1.29 is 24.2 Å². The Morgan fingerprint density at radius 2 is 2.05 bits per heavy atom. The van der Waals surface area contributed by atoms with E-state index in [0.29, 0.717) is 5.56 Å². The second kappa shape index (κ2) is 4.57. The van der Waals surface area contributed by atoms with E-state index in [1.807, 2.05) is 0 Å². The first-order valence-corrected chi connectivity index (χ1v) is 6.05. The lowest BCUT2D eigenvalue weighted by molar-refractivity contribution is -0.139. The summed E-state index contributed by atoms with van der Waals surface area (Å²) >= 11 is 0. The molecule has 0 radical (unpaired) electrons. The predicted molar refractivity (Wildman–Crippen MR) is 68.7 cm³/mol. The Morgan fingerprint density at radius 1 is 1.25 bits per heavy atom. The first-order valence-electron chi connectivity index (χ1n) is 6.05. The van der Waals surface area contributed by atoms with Gasteiger partial charge in [-0.25, -0.2) is 9.59 Å². The molecule has 2 unspecified atom stereocenters. The minimum atomic E-state index is -0.966. The minimum absolute atomic E-state index is 0.105. The van der Waals surface area contributed by atoms with Gasteiger partial charge in [0.2, 0.25) is 0 Å². The number of hydrogen-bond acceptors (Lipinski definition) is 6. The molecule has 6 heteroatoms. The normalized spacial score (nSPS) is 21.9. The summed E-state index contributed by atoms with van der Waals surface area (Å²) in [7, 11) is 0. The van der Waals surface area contributed by atoms with Gasteiger partial charge >= 0.3 is 11.9 Å². The topological polar surface area (TPSA) is 85.2 Å². The molecular weight excluding hydrogens is 262 g/mol. The van der Waals surface area contributed by atoms with E-state index >= 15 is 0 Å². The number of nitrogens with zero attached hydrogens (tertiary/aromatic N) is 1. The van der Waals surface area contributed by atoms with E-state index in [9.17, 15) is 14.7 Å². The maximum atomic E-state index is 12.0. The molecule has 2 atom stereocenters. The van der Waals surface area contributed by atoms with Crippen LogP contribution in [0, 0.1) is 0 Å². The van der Waals surface area contributed by atoms with Crippen molar-refractivity contribution in [3.05, 3.63) is 35.4 Å². The number of aliphatic hydroxyl groups excluding tert-OH is 1. The van der Waals surface area contributed by atoms with E-state index in [2.05, 4.69) is 4.99 Å². The second-order valence-electron chi connectivity index (χ2n) is 4.52. The number of hydrogen-bond donors (Lipinski definition) is 1. The van der Waals surface area contributed by atoms with E-state index < -0.39 is 24.1 Å². The minimum Gasteiger partial charge on any atom is -0.421 e. The Bertz CT molecular complexity index is 660. The molecule has 1 aromatic carbocycles. The van der Waals surface area contributed by atoms with Gasteiger partial charge in [-0.1, -0.05) is 6.07 Å². The van der Waals surface area contributed by atoms with E-state index in [-0.39, 0.29) is 17.1 Å². The van der Waals surface area contributed by atoms with Crippen LogP contribution in [0.1, 0.15) is 18.6 Å². The van der Waals surface area contributed by atoms with Crippen molar-refractivity contribution in [3.8, 4) is 11.5 Å². The highest BCUT2D eigenvalue weighted by Crippen LogP contribution is 2.34. The Morgan fingerprint density at radius 3 is 2.80 bits per heavy atom. The molecule has 0 aliphatic carbocycles. The predicted octanol–water partition coefficient (Wildman–Crippen LogP) is 0.944. The standard InChI is InChI=1S/C14H11NO5/c1-7(16)8-2-3-10-11(6-8)20-13(17)9-4-5-15-12(9)14(18)19-10/h2-7,12,16H,1H3. The number of aliphatic imine (C=N–C) groups is 1. The third-order valence-electron chi connectivity index (χ3n) is 3.11. The highest BCUT2D eigenvalue weighted by Gasteiger charge is 2.35. The van der Waals surface area contributed by atoms with Crippen LogP contribution in [0.15, 0.2) is 34.8 Å². The van der Waals surface area contributed by atoms with E-state index in [0.717, 1.165) is 0 Å². The number of ether oxygens (including phenoxy) is 2. The van der Waals surface area contributed by atoms with Crippen molar-refractivity contribution in [1.82, 2.24) is 0 Å². The molecule has 2 aliphatic rings. The molecule has 0 saturated carbocycles. The lowest BCUT2D eigenvalue weighted by Crippen LogP contribution is -2.32. The summed E-state index contributed by atoms with van der Waals surface area (Å²) in [6.07, 6.45) is 2.08. The summed E-state index contributed by atoms with van der Waals surface area (Å²) in [6.45, 7) is 1.59. The van der Waals surface area contributed by atoms with Gasteiger partial charge in [0.1, 0.15) is 0 Å². The molecular formula is C14H11NO5. The summed E-state index contributed by atoms with van der Waals surface area (Å²) in [6, 6.07) is 3.59. The number of carbonyl (C=O) groups is 2. The molecule has 2 aliphatic heterocycles. The molecule has 1 aromatic rings. The zero-order chi connectivity index (χ0) is 14.3. The van der Waals surface area contributed by atoms with Gasteiger partial charge in [-0.15, -0.1) is 0 Å². The summed E-state index contributed by atoms with van der Waals surface area (Å²) in [5.41, 5.74) is 0.699. The van der Waals surface area contributed by atoms with Gasteiger partial charge in [-0.3, -0.25) is 4.99 Å². The smallest absolute Gasteiger partial charge is 0.342 e. The number of fused-ring (bicyclic) bond motifs is 2. The average Bonchev–Trinajstić information content (AvgIpc) is 2.88. The fourth-order valence-corrected chi connectivity index (χ4v) is 2.02. The molecule has 0 amide bonds. The number of allylic oxidation sites excluding steroid dienone is 1. The fourth-order valence-electron chi connectivity index (χ4n) is 2.02. The molecule has 2 heterocycles. The van der Waals surface area contributed by atoms with Crippen LogP contribution < -0.4 is 9.47 Å². The van der Waals surface area contributed by atoms with Crippen molar-refractivity contribution in [2.24, 2.45) is 4.99 Å². The number of benzene rings is 1. The molecule has 0 spiro atoms. The highest BCUT2D eigenvalue weighted by atomic mass is 16.6. The zero-order valence-corrected chi connectivity index (χ0v) is 10.6. The van der Waals surface area contributed by atoms with Crippen molar-refractivity contribution in [2.45, 2.75) is 19.1 Å². The van der Waals surface area contributed by atoms with Gasteiger partial charge < -0.3 is 14.6 Å². The maximum absolute atomic E-state index is 12.0. The number of aliphatic hydroxyl groups is 1. The Labute approximate surface area is 114 Å². The van der Waals surface area contributed by atoms with E-state index in [4.69, 9.17) is 9.47 Å². The Kier molecular flexibility index (Phi) is 2.87. The molecule has 1 N–H and O–H groups in total. The second-order valence-corrected chi connectivity index (χ2v) is 4.52. The van der Waals surface area contributed by atoms with Gasteiger partial charge in [-0.2, -0.15) is 0 Å². The summed E-state index contributed by atoms with van der Waals surface area (Å²) in [5, 5.41) is 9.54. The third kappa shape index (κ3) is 2.00. The average molecular weight is 273 g/mol. The van der Waals surface area contributed by atoms with Crippen molar-refractivity contribution >= 4 is 18.2 Å². The Balaban J connectivity index is 2.04. The summed E-state index contributed by atoms with van der Waals surface area (Å²) in [5.74, 6) is -1.04. The van der Waals surface area contributed by atoms with Gasteiger partial charge in [-0.05, 0) is 30.7 Å². The number of rotatable bonds is 1. The Hall–Kier alpha value is -2.47. The molecule has 0 fully saturated rings. The molecule has 102 valence electrons. The van der Waals surface area contributed by atoms with E-state index in [1.54, 1.807) is 13.0 Å². The SMILES string of the molecule is CC(O)c1ccc2c(c1)OC(=O)C1=CC=NC1C(=O)O2. The first kappa shape index (κ1) is 12.6. The molecule has 6 nitrogen and oxygen atoms in total. The summed E-state index contributed by atoms with van der Waals surface area (Å²) in [4.78, 5) is 27.8. The third-order valence-corrected chi connectivity index (χ3v) is 3.11. The fraction of sp³-hybridized carbons (Fsp3) is 0.214. The zero-order valence-electron chi connectivity index (χ0n) is 10.6. The van der Waals surface area contributed by atoms with Gasteiger partial charge in [0, 0.05) is 6.21 Å². The largest absolute Gasteiger partial charge is 0.421 e. The van der Waals surface area contributed by atoms with Crippen molar-refractivity contribution in [1.29, 1.82) is 0 Å². The molecule has 20 heavy (non-hydrogen) atoms. The van der Waals surface area contributed by atoms with Gasteiger partial charge in [0.05, 0.1) is 11.7 Å². The van der Waals surface area contributed by atoms with Crippen LogP contribution in [-0.4, -0.2) is 29.3 Å². The van der Waals surface area contributed by atoms with Crippen molar-refractivity contribution in [2.75, 3.05) is 0 Å². The van der Waals surface area contributed by atoms with Crippen LogP contribution in [-0.2, 0) is 9.59 Å². The van der Waals surface area contributed by atoms with E-state index in [1.165, 1.54) is 24.4 Å². The molecule has 3 rings (SSSR count). The van der Waals surface area contributed by atoms with Crippen LogP contribution in [0.25, 0.3) is 0 Å². The lowest BCUT2D eigenvalue weighted by Gasteiger charge is -2.19. The first-order chi connectivity index (χ1) is 9.56. The van der Waals surface area contributed by atoms with Gasteiger partial charge in [0.15, 0.2) is 17.5 Å². The highest BCUT2D eigenvalue weighted by molar-refractivity contribution is 6.06. The molecule has 0 aromatic heterocycles. The van der Waals surface area contributed by atoms with Crippen LogP contribution in [0.2, 0.25) is 0 Å². The maximum Gasteiger partial charge on any atom is 0.342 e. The van der Waals surface area contributed by atoms with Crippen LogP contribution in [0.4, 0.5) is 0 Å². The number of carbonyl (C=O) groups excluding carboxylic acids is 2. The monoisotopic (exact) mass is 273 g/mol. The van der Waals surface area contributed by atoms with Crippen LogP contribution in [0.5, 0.6) is 11.5 Å². The quantitative estimate of drug-likeness (QED) is 0.608. The van der Waals surface area contributed by atoms with Crippen LogP contribution in [0.3, 0.4) is 0 Å². The molecule has 0 saturated heterocycles. The molecule has 0 bridgehead atoms. The number of esters is 2. The van der Waals surface area contributed by atoms with Crippen LogP contribution >= 0.6 is 0 Å². The lowest BCUT2D eigenvalue weighted by atomic mass is 10.1. The van der Waals surface area contributed by atoms with Crippen molar-refractivity contribution in [3.63, 3.8) is 0 Å². The summed E-state index contributed by atoms with van der Waals surface area (Å²) < 4.78 is 10.4. The van der Waals surface area contributed by atoms with Gasteiger partial charge in [0.25, 0.3) is 0 Å².